The van der Waals surface area contributed by atoms with E-state index in [-0.39, 0.29) is 5.69 Å². The van der Waals surface area contributed by atoms with E-state index >= 15 is 0 Å². The van der Waals surface area contributed by atoms with Crippen molar-refractivity contribution < 1.29 is 8.78 Å². The molecule has 1 heterocycles. The van der Waals surface area contributed by atoms with Gasteiger partial charge in [-0.15, -0.1) is 5.10 Å². The summed E-state index contributed by atoms with van der Waals surface area (Å²) >= 11 is 0. The van der Waals surface area contributed by atoms with Crippen molar-refractivity contribution in [2.75, 3.05) is 5.43 Å². The van der Waals surface area contributed by atoms with Gasteiger partial charge in [-0.25, -0.2) is 13.5 Å². The first-order valence-corrected chi connectivity index (χ1v) is 7.55. The van der Waals surface area contributed by atoms with Crippen molar-refractivity contribution in [1.82, 2.24) is 15.0 Å². The fourth-order valence-corrected chi connectivity index (χ4v) is 2.11. The van der Waals surface area contributed by atoms with Crippen LogP contribution in [0.5, 0.6) is 0 Å². The Balaban J connectivity index is 1.54. The average Bonchev–Trinajstić information content (AvgIpc) is 3.04. The minimum atomic E-state index is -0.704. The Morgan fingerprint density at radius 1 is 1.12 bits per heavy atom. The highest BCUT2D eigenvalue weighted by atomic mass is 19.1. The smallest absolute Gasteiger partial charge is 0.151 e. The van der Waals surface area contributed by atoms with Gasteiger partial charge in [-0.05, 0) is 29.8 Å². The van der Waals surface area contributed by atoms with E-state index in [2.05, 4.69) is 20.8 Å². The Labute approximate surface area is 143 Å². The highest BCUT2D eigenvalue weighted by molar-refractivity contribution is 5.78. The maximum absolute atomic E-state index is 13.4. The van der Waals surface area contributed by atoms with E-state index in [1.54, 1.807) is 16.8 Å². The summed E-state index contributed by atoms with van der Waals surface area (Å²) in [5, 5.41) is 11.9. The first-order chi connectivity index (χ1) is 12.2. The minimum absolute atomic E-state index is 0.0971. The van der Waals surface area contributed by atoms with Crippen LogP contribution in [0.1, 0.15) is 11.3 Å². The highest BCUT2D eigenvalue weighted by Crippen LogP contribution is 2.14. The van der Waals surface area contributed by atoms with Crippen molar-refractivity contribution in [1.29, 1.82) is 0 Å². The summed E-state index contributed by atoms with van der Waals surface area (Å²) in [6, 6.07) is 13.2. The van der Waals surface area contributed by atoms with E-state index < -0.39 is 11.6 Å². The normalized spacial score (nSPS) is 11.4. The molecule has 2 aromatic carbocycles. The summed E-state index contributed by atoms with van der Waals surface area (Å²) in [6.07, 6.45) is 6.62. The van der Waals surface area contributed by atoms with Gasteiger partial charge in [-0.1, -0.05) is 35.5 Å². The van der Waals surface area contributed by atoms with Crippen LogP contribution < -0.4 is 5.43 Å². The minimum Gasteiger partial charge on any atom is -0.276 e. The number of rotatable bonds is 6. The lowest BCUT2D eigenvalue weighted by Crippen LogP contribution is -1.99. The molecule has 0 atom stereocenters. The summed E-state index contributed by atoms with van der Waals surface area (Å²) in [4.78, 5) is 0. The van der Waals surface area contributed by atoms with Gasteiger partial charge in [0.2, 0.25) is 0 Å². The summed E-state index contributed by atoms with van der Waals surface area (Å²) < 4.78 is 27.9. The molecule has 5 nitrogen and oxygen atoms in total. The largest absolute Gasteiger partial charge is 0.276 e. The third-order valence-electron chi connectivity index (χ3n) is 3.29. The molecular weight excluding hydrogens is 324 g/mol. The number of anilines is 1. The topological polar surface area (TPSA) is 55.1 Å². The molecule has 0 aliphatic rings. The van der Waals surface area contributed by atoms with Crippen LogP contribution in [0.15, 0.2) is 65.9 Å². The van der Waals surface area contributed by atoms with Crippen LogP contribution >= 0.6 is 0 Å². The molecule has 0 fully saturated rings. The van der Waals surface area contributed by atoms with Crippen LogP contribution in [0.3, 0.4) is 0 Å². The maximum Gasteiger partial charge on any atom is 0.151 e. The number of halogens is 2. The first-order valence-electron chi connectivity index (χ1n) is 7.55. The van der Waals surface area contributed by atoms with E-state index in [1.807, 2.05) is 36.5 Å². The SMILES string of the molecule is Fc1ccc(N/N=C\C=C\c2cn(Cc3ccccc3)nn2)c(F)c1. The second-order valence-corrected chi connectivity index (χ2v) is 5.20. The second-order valence-electron chi connectivity index (χ2n) is 5.20. The van der Waals surface area contributed by atoms with Crippen LogP contribution in [-0.4, -0.2) is 21.2 Å². The molecule has 0 aliphatic heterocycles. The van der Waals surface area contributed by atoms with Crippen molar-refractivity contribution in [3.8, 4) is 0 Å². The molecule has 0 unspecified atom stereocenters. The monoisotopic (exact) mass is 339 g/mol. The van der Waals surface area contributed by atoms with Gasteiger partial charge in [0.15, 0.2) is 5.82 Å². The van der Waals surface area contributed by atoms with E-state index in [9.17, 15) is 8.78 Å². The molecule has 0 spiro atoms. The molecule has 25 heavy (non-hydrogen) atoms. The van der Waals surface area contributed by atoms with Crippen LogP contribution in [0, 0.1) is 11.6 Å². The predicted octanol–water partition coefficient (Wildman–Crippen LogP) is 3.72. The van der Waals surface area contributed by atoms with Crippen molar-refractivity contribution in [2.24, 2.45) is 5.10 Å². The Bertz CT molecular complexity index is 887. The van der Waals surface area contributed by atoms with E-state index in [4.69, 9.17) is 0 Å². The molecule has 1 aromatic heterocycles. The molecule has 0 amide bonds. The van der Waals surface area contributed by atoms with Crippen molar-refractivity contribution in [3.05, 3.63) is 83.7 Å². The van der Waals surface area contributed by atoms with Gasteiger partial charge in [0, 0.05) is 12.3 Å². The first kappa shape index (κ1) is 16.5. The lowest BCUT2D eigenvalue weighted by atomic mass is 10.2. The van der Waals surface area contributed by atoms with Crippen LogP contribution in [-0.2, 0) is 6.54 Å². The van der Waals surface area contributed by atoms with Gasteiger partial charge < -0.3 is 0 Å². The molecule has 7 heteroatoms. The van der Waals surface area contributed by atoms with E-state index in [0.717, 1.165) is 17.7 Å². The number of allylic oxidation sites excluding steroid dienone is 1. The molecule has 126 valence electrons. The van der Waals surface area contributed by atoms with Crippen molar-refractivity contribution in [2.45, 2.75) is 6.54 Å². The maximum atomic E-state index is 13.4. The lowest BCUT2D eigenvalue weighted by molar-refractivity contribution is 0.585. The number of aromatic nitrogens is 3. The second kappa shape index (κ2) is 7.96. The Morgan fingerprint density at radius 3 is 2.76 bits per heavy atom. The van der Waals surface area contributed by atoms with Gasteiger partial charge in [-0.3, -0.25) is 5.43 Å². The van der Waals surface area contributed by atoms with Gasteiger partial charge in [0.25, 0.3) is 0 Å². The molecule has 0 aliphatic carbocycles. The third-order valence-corrected chi connectivity index (χ3v) is 3.29. The predicted molar refractivity (Wildman–Crippen MR) is 93.1 cm³/mol. The lowest BCUT2D eigenvalue weighted by Gasteiger charge is -2.00. The fraction of sp³-hybridized carbons (Fsp3) is 0.0556. The molecular formula is C18H15F2N5. The molecule has 3 aromatic rings. The fourth-order valence-electron chi connectivity index (χ4n) is 2.11. The molecule has 0 saturated carbocycles. The quantitative estimate of drug-likeness (QED) is 0.550. The summed E-state index contributed by atoms with van der Waals surface area (Å²) in [7, 11) is 0. The number of benzene rings is 2. The van der Waals surface area contributed by atoms with Gasteiger partial charge in [0.05, 0.1) is 18.4 Å². The Kier molecular flexibility index (Phi) is 5.26. The zero-order valence-corrected chi connectivity index (χ0v) is 13.2. The number of hydrazone groups is 1. The van der Waals surface area contributed by atoms with Crippen LogP contribution in [0.25, 0.3) is 6.08 Å². The van der Waals surface area contributed by atoms with Crippen molar-refractivity contribution >= 4 is 18.0 Å². The molecule has 0 saturated heterocycles. The molecule has 3 rings (SSSR count). The number of hydrogen-bond acceptors (Lipinski definition) is 4. The number of nitrogens with zero attached hydrogens (tertiary/aromatic N) is 4. The number of nitrogens with one attached hydrogen (secondary N) is 1. The highest BCUT2D eigenvalue weighted by Gasteiger charge is 2.01. The van der Waals surface area contributed by atoms with Gasteiger partial charge in [-0.2, -0.15) is 5.10 Å². The van der Waals surface area contributed by atoms with Crippen LogP contribution in [0.2, 0.25) is 0 Å². The van der Waals surface area contributed by atoms with Gasteiger partial charge in [0.1, 0.15) is 11.5 Å². The van der Waals surface area contributed by atoms with E-state index in [0.29, 0.717) is 12.2 Å². The summed E-state index contributed by atoms with van der Waals surface area (Å²) in [6.45, 7) is 0.640. The molecule has 1 N–H and O–H groups in total. The molecule has 0 radical (unpaired) electrons. The van der Waals surface area contributed by atoms with E-state index in [1.165, 1.54) is 12.3 Å². The number of hydrogen-bond donors (Lipinski definition) is 1. The Morgan fingerprint density at radius 2 is 1.96 bits per heavy atom. The van der Waals surface area contributed by atoms with Gasteiger partial charge >= 0.3 is 0 Å². The summed E-state index contributed by atoms with van der Waals surface area (Å²) in [5.74, 6) is -1.34. The molecule has 0 bridgehead atoms. The third kappa shape index (κ3) is 4.81. The average molecular weight is 339 g/mol. The standard InChI is InChI=1S/C18H15F2N5/c19-15-8-9-18(17(20)11-15)23-21-10-4-7-16-13-25(24-22-16)12-14-5-2-1-3-6-14/h1-11,13,23H,12H2/b7-4+,21-10-. The zero-order chi connectivity index (χ0) is 17.5. The summed E-state index contributed by atoms with van der Waals surface area (Å²) in [5.41, 5.74) is 4.41. The van der Waals surface area contributed by atoms with Crippen molar-refractivity contribution in [3.63, 3.8) is 0 Å². The zero-order valence-electron chi connectivity index (χ0n) is 13.2. The van der Waals surface area contributed by atoms with Crippen LogP contribution in [0.4, 0.5) is 14.5 Å². The Hall–Kier alpha value is -3.35.